The van der Waals surface area contributed by atoms with Gasteiger partial charge in [-0.3, -0.25) is 0 Å². The molecule has 0 aromatic heterocycles. The molecule has 0 aliphatic carbocycles. The topological polar surface area (TPSA) is 18.5 Å². The molecule has 0 bridgehead atoms. The van der Waals surface area contributed by atoms with Crippen molar-refractivity contribution >= 4 is 23.0 Å². The first kappa shape index (κ1) is 8.64. The van der Waals surface area contributed by atoms with Gasteiger partial charge in [-0.1, -0.05) is 0 Å². The summed E-state index contributed by atoms with van der Waals surface area (Å²) in [5, 5.41) is 0. The summed E-state index contributed by atoms with van der Waals surface area (Å²) in [6.45, 7) is 2.66. The number of benzene rings is 1. The van der Waals surface area contributed by atoms with Crippen LogP contribution in [0.3, 0.4) is 0 Å². The van der Waals surface area contributed by atoms with Crippen molar-refractivity contribution in [2.45, 2.75) is 6.92 Å². The number of ether oxygens (including phenoxy) is 1. The molecule has 0 saturated heterocycles. The molecule has 1 aromatic carbocycles. The SMILES string of the molecule is CCOc1ccc(OI)cc1. The van der Waals surface area contributed by atoms with Crippen LogP contribution < -0.4 is 7.80 Å². The molecule has 0 fully saturated rings. The highest BCUT2D eigenvalue weighted by molar-refractivity contribution is 14.1. The normalized spacial score (nSPS) is 9.27. The van der Waals surface area contributed by atoms with Crippen LogP contribution in [0.25, 0.3) is 0 Å². The maximum absolute atomic E-state index is 5.25. The van der Waals surface area contributed by atoms with Gasteiger partial charge in [-0.15, -0.1) is 0 Å². The Morgan fingerprint density at radius 2 is 1.73 bits per heavy atom. The van der Waals surface area contributed by atoms with E-state index in [4.69, 9.17) is 7.80 Å². The molecule has 1 aromatic rings. The van der Waals surface area contributed by atoms with Crippen molar-refractivity contribution in [3.8, 4) is 11.5 Å². The minimum atomic E-state index is 0.699. The van der Waals surface area contributed by atoms with E-state index in [1.807, 2.05) is 54.2 Å². The Balaban J connectivity index is 2.66. The van der Waals surface area contributed by atoms with Crippen LogP contribution >= 0.6 is 23.0 Å². The van der Waals surface area contributed by atoms with E-state index < -0.39 is 0 Å². The van der Waals surface area contributed by atoms with E-state index in [0.717, 1.165) is 11.5 Å². The minimum Gasteiger partial charge on any atom is -0.494 e. The molecular formula is C8H9IO2. The van der Waals surface area contributed by atoms with Gasteiger partial charge in [0.05, 0.1) is 6.61 Å². The molecule has 2 nitrogen and oxygen atoms in total. The van der Waals surface area contributed by atoms with Gasteiger partial charge < -0.3 is 7.80 Å². The van der Waals surface area contributed by atoms with Gasteiger partial charge in [0.2, 0.25) is 0 Å². The molecule has 0 spiro atoms. The van der Waals surface area contributed by atoms with E-state index >= 15 is 0 Å². The second kappa shape index (κ2) is 4.43. The van der Waals surface area contributed by atoms with E-state index in [2.05, 4.69) is 0 Å². The smallest absolute Gasteiger partial charge is 0.192 e. The van der Waals surface area contributed by atoms with E-state index in [9.17, 15) is 0 Å². The molecule has 3 heteroatoms. The minimum absolute atomic E-state index is 0.699. The van der Waals surface area contributed by atoms with Crippen molar-refractivity contribution in [1.82, 2.24) is 0 Å². The third kappa shape index (κ3) is 2.57. The van der Waals surface area contributed by atoms with Crippen LogP contribution in [0.4, 0.5) is 0 Å². The summed E-state index contributed by atoms with van der Waals surface area (Å²) in [5.74, 6) is 1.72. The lowest BCUT2D eigenvalue weighted by Crippen LogP contribution is -1.90. The summed E-state index contributed by atoms with van der Waals surface area (Å²) in [6.07, 6.45) is 0. The van der Waals surface area contributed by atoms with Gasteiger partial charge in [0, 0.05) is 0 Å². The second-order valence-electron chi connectivity index (χ2n) is 1.98. The highest BCUT2D eigenvalue weighted by Crippen LogP contribution is 2.18. The molecule has 0 unspecified atom stereocenters. The maximum atomic E-state index is 5.25. The van der Waals surface area contributed by atoms with Crippen LogP contribution in [0.5, 0.6) is 11.5 Å². The average molecular weight is 264 g/mol. The Morgan fingerprint density at radius 3 is 2.18 bits per heavy atom. The van der Waals surface area contributed by atoms with Crippen molar-refractivity contribution in [3.63, 3.8) is 0 Å². The zero-order valence-electron chi connectivity index (χ0n) is 6.21. The quantitative estimate of drug-likeness (QED) is 0.781. The van der Waals surface area contributed by atoms with Crippen LogP contribution in [0, 0.1) is 0 Å². The maximum Gasteiger partial charge on any atom is 0.192 e. The molecule has 11 heavy (non-hydrogen) atoms. The fourth-order valence-electron chi connectivity index (χ4n) is 0.754. The van der Waals surface area contributed by atoms with Crippen LogP contribution in [-0.4, -0.2) is 6.61 Å². The monoisotopic (exact) mass is 264 g/mol. The van der Waals surface area contributed by atoms with Crippen molar-refractivity contribution in [1.29, 1.82) is 0 Å². The van der Waals surface area contributed by atoms with Gasteiger partial charge >= 0.3 is 0 Å². The Bertz CT molecular complexity index is 208. The molecule has 0 amide bonds. The third-order valence-corrected chi connectivity index (χ3v) is 1.73. The van der Waals surface area contributed by atoms with Gasteiger partial charge in [-0.2, -0.15) is 0 Å². The molecule has 0 N–H and O–H groups in total. The van der Waals surface area contributed by atoms with Crippen molar-refractivity contribution < 1.29 is 7.80 Å². The Kier molecular flexibility index (Phi) is 3.48. The first-order valence-electron chi connectivity index (χ1n) is 3.38. The second-order valence-corrected chi connectivity index (χ2v) is 2.42. The summed E-state index contributed by atoms with van der Waals surface area (Å²) in [4.78, 5) is 0. The Morgan fingerprint density at radius 1 is 1.18 bits per heavy atom. The lowest BCUT2D eigenvalue weighted by Gasteiger charge is -2.02. The van der Waals surface area contributed by atoms with Gasteiger partial charge in [0.15, 0.2) is 23.0 Å². The molecule has 60 valence electrons. The predicted molar refractivity (Wildman–Crippen MR) is 52.3 cm³/mol. The molecule has 1 rings (SSSR count). The number of rotatable bonds is 3. The standard InChI is InChI=1S/C8H9IO2/c1-2-10-7-3-5-8(11-9)6-4-7/h3-6H,2H2,1H3. The largest absolute Gasteiger partial charge is 0.494 e. The van der Waals surface area contributed by atoms with Crippen LogP contribution in [0.15, 0.2) is 24.3 Å². The summed E-state index contributed by atoms with van der Waals surface area (Å²) < 4.78 is 10.2. The highest BCUT2D eigenvalue weighted by atomic mass is 127. The summed E-state index contributed by atoms with van der Waals surface area (Å²) in [7, 11) is 0. The first-order chi connectivity index (χ1) is 5.36. The van der Waals surface area contributed by atoms with Crippen LogP contribution in [0.1, 0.15) is 6.92 Å². The van der Waals surface area contributed by atoms with Crippen LogP contribution in [-0.2, 0) is 0 Å². The van der Waals surface area contributed by atoms with Crippen molar-refractivity contribution in [2.24, 2.45) is 0 Å². The first-order valence-corrected chi connectivity index (χ1v) is 4.26. The molecule has 0 heterocycles. The number of hydrogen-bond donors (Lipinski definition) is 0. The molecule has 0 atom stereocenters. The average Bonchev–Trinajstić information content (AvgIpc) is 2.07. The number of halogens is 1. The number of hydrogen-bond acceptors (Lipinski definition) is 2. The van der Waals surface area contributed by atoms with Crippen molar-refractivity contribution in [2.75, 3.05) is 6.61 Å². The van der Waals surface area contributed by atoms with Gasteiger partial charge in [-0.25, -0.2) is 0 Å². The molecule has 0 saturated carbocycles. The zero-order valence-corrected chi connectivity index (χ0v) is 8.37. The zero-order chi connectivity index (χ0) is 8.10. The molecule has 0 aliphatic rings. The van der Waals surface area contributed by atoms with Gasteiger partial charge in [0.25, 0.3) is 0 Å². The van der Waals surface area contributed by atoms with Gasteiger partial charge in [0.1, 0.15) is 11.5 Å². The third-order valence-electron chi connectivity index (χ3n) is 1.22. The predicted octanol–water partition coefficient (Wildman–Crippen LogP) is 2.81. The van der Waals surface area contributed by atoms with E-state index in [1.54, 1.807) is 0 Å². The fraction of sp³-hybridized carbons (Fsp3) is 0.250. The lowest BCUT2D eigenvalue weighted by atomic mass is 10.3. The fourth-order valence-corrected chi connectivity index (χ4v) is 1.05. The molecule has 0 radical (unpaired) electrons. The Hall–Kier alpha value is -0.450. The molecule has 0 aliphatic heterocycles. The lowest BCUT2D eigenvalue weighted by molar-refractivity contribution is 0.340. The summed E-state index contributed by atoms with van der Waals surface area (Å²) >= 11 is 1.85. The highest BCUT2D eigenvalue weighted by Gasteiger charge is 1.92. The van der Waals surface area contributed by atoms with Crippen molar-refractivity contribution in [3.05, 3.63) is 24.3 Å². The Labute approximate surface area is 80.2 Å². The summed E-state index contributed by atoms with van der Waals surface area (Å²) in [6, 6.07) is 7.52. The van der Waals surface area contributed by atoms with Crippen LogP contribution in [0.2, 0.25) is 0 Å². The van der Waals surface area contributed by atoms with E-state index in [1.165, 1.54) is 0 Å². The summed E-state index contributed by atoms with van der Waals surface area (Å²) in [5.41, 5.74) is 0. The van der Waals surface area contributed by atoms with E-state index in [0.29, 0.717) is 6.61 Å². The van der Waals surface area contributed by atoms with Gasteiger partial charge in [-0.05, 0) is 31.2 Å². The van der Waals surface area contributed by atoms with E-state index in [-0.39, 0.29) is 0 Å². The molecular weight excluding hydrogens is 255 g/mol.